The Hall–Kier alpha value is -3.93. The molecule has 162 valence electrons. The van der Waals surface area contributed by atoms with Crippen molar-refractivity contribution in [3.8, 4) is 0 Å². The lowest BCUT2D eigenvalue weighted by Crippen LogP contribution is -2.29. The zero-order valence-electron chi connectivity index (χ0n) is 17.9. The first kappa shape index (κ1) is 21.3. The maximum atomic E-state index is 12.6. The first-order valence-corrected chi connectivity index (χ1v) is 10.7. The first-order valence-electron chi connectivity index (χ1n) is 10.7. The van der Waals surface area contributed by atoms with Crippen molar-refractivity contribution in [3.05, 3.63) is 102 Å². The molecule has 6 nitrogen and oxygen atoms in total. The minimum absolute atomic E-state index is 0.139. The van der Waals surface area contributed by atoms with Crippen molar-refractivity contribution < 1.29 is 14.3 Å². The molecule has 4 rings (SSSR count). The molecule has 0 fully saturated rings. The van der Waals surface area contributed by atoms with Gasteiger partial charge in [-0.1, -0.05) is 60.7 Å². The molecular weight excluding hydrogens is 402 g/mol. The minimum atomic E-state index is -0.466. The second-order valence-electron chi connectivity index (χ2n) is 7.45. The van der Waals surface area contributed by atoms with Crippen LogP contribution in [0.1, 0.15) is 28.4 Å². The van der Waals surface area contributed by atoms with Gasteiger partial charge in [0.1, 0.15) is 5.92 Å². The lowest BCUT2D eigenvalue weighted by Gasteiger charge is -2.16. The maximum Gasteiger partial charge on any atom is 0.317 e. The highest BCUT2D eigenvalue weighted by Crippen LogP contribution is 2.26. The molecule has 3 aromatic rings. The van der Waals surface area contributed by atoms with Crippen molar-refractivity contribution in [2.75, 3.05) is 18.2 Å². The van der Waals surface area contributed by atoms with Gasteiger partial charge in [0.15, 0.2) is 0 Å². The van der Waals surface area contributed by atoms with Gasteiger partial charge in [0.2, 0.25) is 0 Å². The van der Waals surface area contributed by atoms with Gasteiger partial charge in [0.05, 0.1) is 24.6 Å². The van der Waals surface area contributed by atoms with E-state index in [9.17, 15) is 9.59 Å². The van der Waals surface area contributed by atoms with Gasteiger partial charge in [-0.05, 0) is 42.3 Å². The third kappa shape index (κ3) is 4.86. The number of nitrogens with zero attached hydrogens (tertiary/aromatic N) is 2. The maximum absolute atomic E-state index is 12.6. The summed E-state index contributed by atoms with van der Waals surface area (Å²) in [6.45, 7) is 2.98. The molecule has 1 aliphatic rings. The second-order valence-corrected chi connectivity index (χ2v) is 7.45. The van der Waals surface area contributed by atoms with Gasteiger partial charge in [0, 0.05) is 12.1 Å². The van der Waals surface area contributed by atoms with Gasteiger partial charge in [-0.25, -0.2) is 0 Å². The Bertz CT molecular complexity index is 1100. The summed E-state index contributed by atoms with van der Waals surface area (Å²) in [5.41, 5.74) is 4.00. The van der Waals surface area contributed by atoms with E-state index < -0.39 is 5.92 Å². The molecule has 6 heteroatoms. The van der Waals surface area contributed by atoms with E-state index in [1.54, 1.807) is 24.1 Å². The molecule has 0 aromatic heterocycles. The number of carbonyl (C=O) groups excluding carboxylic acids is 2. The molecule has 1 unspecified atom stereocenters. The largest absolute Gasteiger partial charge is 0.465 e. The number of hydrogen-bond donors (Lipinski definition) is 1. The van der Waals surface area contributed by atoms with Crippen LogP contribution in [0.5, 0.6) is 0 Å². The monoisotopic (exact) mass is 427 g/mol. The quantitative estimate of drug-likeness (QED) is 0.578. The van der Waals surface area contributed by atoms with Crippen LogP contribution in [0.4, 0.5) is 5.69 Å². The summed E-state index contributed by atoms with van der Waals surface area (Å²) in [4.78, 5) is 25.0. The molecule has 0 aliphatic carbocycles. The molecule has 1 aliphatic heterocycles. The first-order chi connectivity index (χ1) is 15.7. The molecule has 0 saturated carbocycles. The number of carbonyl (C=O) groups is 2. The summed E-state index contributed by atoms with van der Waals surface area (Å²) in [6, 6.07) is 26.7. The van der Waals surface area contributed by atoms with Gasteiger partial charge >= 0.3 is 5.97 Å². The molecule has 0 spiro atoms. The highest BCUT2D eigenvalue weighted by atomic mass is 16.5. The van der Waals surface area contributed by atoms with Crippen molar-refractivity contribution in [3.63, 3.8) is 0 Å². The van der Waals surface area contributed by atoms with Crippen LogP contribution in [0, 0.1) is 5.92 Å². The van der Waals surface area contributed by atoms with E-state index in [1.165, 1.54) is 0 Å². The Morgan fingerprint density at radius 1 is 0.969 bits per heavy atom. The van der Waals surface area contributed by atoms with Crippen molar-refractivity contribution in [1.82, 2.24) is 5.32 Å². The molecule has 1 heterocycles. The van der Waals surface area contributed by atoms with Crippen molar-refractivity contribution >= 4 is 23.3 Å². The van der Waals surface area contributed by atoms with Crippen LogP contribution < -0.4 is 10.3 Å². The Kier molecular flexibility index (Phi) is 6.60. The SMILES string of the molecule is CCOC(=O)C1CN(c2ccc(C(=O)NCc3ccccc3)cc2)N=C1c1ccccc1. The van der Waals surface area contributed by atoms with Crippen LogP contribution in [0.3, 0.4) is 0 Å². The summed E-state index contributed by atoms with van der Waals surface area (Å²) < 4.78 is 5.28. The topological polar surface area (TPSA) is 71.0 Å². The number of hydrogen-bond acceptors (Lipinski definition) is 5. The van der Waals surface area contributed by atoms with Crippen molar-refractivity contribution in [2.24, 2.45) is 11.0 Å². The lowest BCUT2D eigenvalue weighted by atomic mass is 9.97. The molecule has 3 aromatic carbocycles. The minimum Gasteiger partial charge on any atom is -0.465 e. The highest BCUT2D eigenvalue weighted by Gasteiger charge is 2.35. The van der Waals surface area contributed by atoms with Crippen LogP contribution in [0.2, 0.25) is 0 Å². The van der Waals surface area contributed by atoms with E-state index in [0.717, 1.165) is 16.8 Å². The van der Waals surface area contributed by atoms with Gasteiger partial charge in [-0.2, -0.15) is 5.10 Å². The Balaban J connectivity index is 1.48. The van der Waals surface area contributed by atoms with Gasteiger partial charge in [0.25, 0.3) is 5.91 Å². The van der Waals surface area contributed by atoms with Gasteiger partial charge < -0.3 is 10.1 Å². The summed E-state index contributed by atoms with van der Waals surface area (Å²) in [7, 11) is 0. The van der Waals surface area contributed by atoms with Crippen molar-refractivity contribution in [2.45, 2.75) is 13.5 Å². The predicted octanol–water partition coefficient (Wildman–Crippen LogP) is 4.02. The smallest absolute Gasteiger partial charge is 0.317 e. The molecule has 0 saturated heterocycles. The molecule has 32 heavy (non-hydrogen) atoms. The number of rotatable bonds is 7. The molecule has 1 amide bonds. The molecule has 1 N–H and O–H groups in total. The van der Waals surface area contributed by atoms with E-state index in [4.69, 9.17) is 9.84 Å². The fourth-order valence-electron chi connectivity index (χ4n) is 3.63. The normalized spacial score (nSPS) is 15.2. The molecule has 0 radical (unpaired) electrons. The number of hydrazone groups is 1. The zero-order chi connectivity index (χ0) is 22.3. The molecule has 1 atom stereocenters. The fraction of sp³-hybridized carbons (Fsp3) is 0.192. The number of amides is 1. The Morgan fingerprint density at radius 2 is 1.62 bits per heavy atom. The summed E-state index contributed by atoms with van der Waals surface area (Å²) in [5.74, 6) is -0.889. The third-order valence-electron chi connectivity index (χ3n) is 5.28. The van der Waals surface area contributed by atoms with Crippen molar-refractivity contribution in [1.29, 1.82) is 0 Å². The van der Waals surface area contributed by atoms with Crippen LogP contribution in [-0.4, -0.2) is 30.7 Å². The van der Waals surface area contributed by atoms with E-state index in [-0.39, 0.29) is 11.9 Å². The second kappa shape index (κ2) is 9.92. The fourth-order valence-corrected chi connectivity index (χ4v) is 3.63. The van der Waals surface area contributed by atoms with E-state index in [1.807, 2.05) is 72.8 Å². The third-order valence-corrected chi connectivity index (χ3v) is 5.28. The van der Waals surface area contributed by atoms with E-state index >= 15 is 0 Å². The number of benzene rings is 3. The standard InChI is InChI=1S/C26H25N3O3/c1-2-32-26(31)23-18-29(28-24(23)20-11-7-4-8-12-20)22-15-13-21(14-16-22)25(30)27-17-19-9-5-3-6-10-19/h3-16,23H,2,17-18H2,1H3,(H,27,30). The lowest BCUT2D eigenvalue weighted by molar-refractivity contribution is -0.145. The predicted molar refractivity (Wildman–Crippen MR) is 125 cm³/mol. The van der Waals surface area contributed by atoms with Crippen LogP contribution in [-0.2, 0) is 16.1 Å². The Labute approximate surface area is 187 Å². The molecule has 0 bridgehead atoms. The zero-order valence-corrected chi connectivity index (χ0v) is 17.9. The average Bonchev–Trinajstić information content (AvgIpc) is 3.30. The van der Waals surface area contributed by atoms with Crippen LogP contribution in [0.15, 0.2) is 90.0 Å². The highest BCUT2D eigenvalue weighted by molar-refractivity contribution is 6.14. The van der Waals surface area contributed by atoms with E-state index in [2.05, 4.69) is 5.32 Å². The number of esters is 1. The summed E-state index contributed by atoms with van der Waals surface area (Å²) in [5, 5.41) is 9.43. The van der Waals surface area contributed by atoms with E-state index in [0.29, 0.717) is 31.0 Å². The van der Waals surface area contributed by atoms with Gasteiger partial charge in [-0.15, -0.1) is 0 Å². The molecular formula is C26H25N3O3. The summed E-state index contributed by atoms with van der Waals surface area (Å²) in [6.07, 6.45) is 0. The Morgan fingerprint density at radius 3 is 2.28 bits per heavy atom. The van der Waals surface area contributed by atoms with Gasteiger partial charge in [-0.3, -0.25) is 14.6 Å². The average molecular weight is 428 g/mol. The van der Waals surface area contributed by atoms with Crippen LogP contribution >= 0.6 is 0 Å². The summed E-state index contributed by atoms with van der Waals surface area (Å²) >= 11 is 0. The van der Waals surface area contributed by atoms with Crippen LogP contribution in [0.25, 0.3) is 0 Å². The number of nitrogens with one attached hydrogen (secondary N) is 1. The number of anilines is 1. The number of ether oxygens (including phenoxy) is 1.